The lowest BCUT2D eigenvalue weighted by Crippen LogP contribution is -2.44. The highest BCUT2D eigenvalue weighted by Gasteiger charge is 2.12. The summed E-state index contributed by atoms with van der Waals surface area (Å²) in [6.45, 7) is 4.86. The molecule has 1 rings (SSSR count). The maximum absolute atomic E-state index is 11.2. The summed E-state index contributed by atoms with van der Waals surface area (Å²) in [5, 5.41) is 4.69. The molecule has 0 aromatic carbocycles. The molecular formula is C10H16N2O4. The van der Waals surface area contributed by atoms with E-state index in [0.29, 0.717) is 13.1 Å². The van der Waals surface area contributed by atoms with Crippen LogP contribution in [0.3, 0.4) is 0 Å². The summed E-state index contributed by atoms with van der Waals surface area (Å²) in [5.41, 5.74) is 0. The van der Waals surface area contributed by atoms with Gasteiger partial charge in [0.15, 0.2) is 0 Å². The highest BCUT2D eigenvalue weighted by molar-refractivity contribution is 5.91. The van der Waals surface area contributed by atoms with Crippen molar-refractivity contribution in [1.82, 2.24) is 10.4 Å². The maximum atomic E-state index is 11.2. The van der Waals surface area contributed by atoms with Gasteiger partial charge >= 0.3 is 11.9 Å². The first-order valence-corrected chi connectivity index (χ1v) is 5.25. The maximum Gasteiger partial charge on any atom is 0.349 e. The minimum absolute atomic E-state index is 0.288. The third kappa shape index (κ3) is 4.90. The zero-order valence-corrected chi connectivity index (χ0v) is 9.27. The van der Waals surface area contributed by atoms with Crippen molar-refractivity contribution in [3.63, 3.8) is 0 Å². The predicted molar refractivity (Wildman–Crippen MR) is 56.3 cm³/mol. The van der Waals surface area contributed by atoms with Gasteiger partial charge in [0, 0.05) is 38.3 Å². The van der Waals surface area contributed by atoms with E-state index < -0.39 is 11.9 Å². The molecule has 6 heteroatoms. The Labute approximate surface area is 94.1 Å². The largest absolute Gasteiger partial charge is 0.463 e. The quantitative estimate of drug-likeness (QED) is 0.515. The molecule has 16 heavy (non-hydrogen) atoms. The summed E-state index contributed by atoms with van der Waals surface area (Å²) in [7, 11) is 0. The number of rotatable bonds is 4. The summed E-state index contributed by atoms with van der Waals surface area (Å²) >= 11 is 0. The standard InChI is InChI=1S/C10H16N2O4/c1-2-15-9(13)3-4-10(14)16-12-7-5-11-6-8-12/h3-4,11H,2,5-8H2,1H3/b4-3-. The van der Waals surface area contributed by atoms with Gasteiger partial charge in [-0.25, -0.2) is 9.59 Å². The second kappa shape index (κ2) is 6.97. The minimum atomic E-state index is -0.560. The van der Waals surface area contributed by atoms with E-state index >= 15 is 0 Å². The van der Waals surface area contributed by atoms with E-state index in [2.05, 4.69) is 10.1 Å². The Kier molecular flexibility index (Phi) is 5.52. The second-order valence-corrected chi connectivity index (χ2v) is 3.17. The number of esters is 1. The van der Waals surface area contributed by atoms with Crippen LogP contribution in [-0.4, -0.2) is 49.8 Å². The SMILES string of the molecule is CCOC(=O)/C=C\C(=O)ON1CCNCC1. The van der Waals surface area contributed by atoms with Gasteiger partial charge in [-0.3, -0.25) is 0 Å². The Morgan fingerprint density at radius 3 is 2.50 bits per heavy atom. The molecule has 90 valence electrons. The topological polar surface area (TPSA) is 67.9 Å². The molecule has 0 aromatic heterocycles. The van der Waals surface area contributed by atoms with Gasteiger partial charge in [-0.15, -0.1) is 5.06 Å². The number of hydrogen-bond acceptors (Lipinski definition) is 6. The molecule has 0 atom stereocenters. The second-order valence-electron chi connectivity index (χ2n) is 3.17. The molecule has 0 radical (unpaired) electrons. The van der Waals surface area contributed by atoms with E-state index in [-0.39, 0.29) is 6.61 Å². The average molecular weight is 228 g/mol. The van der Waals surface area contributed by atoms with Crippen molar-refractivity contribution >= 4 is 11.9 Å². The highest BCUT2D eigenvalue weighted by atomic mass is 16.7. The normalized spacial score (nSPS) is 17.3. The van der Waals surface area contributed by atoms with Gasteiger partial charge in [0.25, 0.3) is 0 Å². The average Bonchev–Trinajstić information content (AvgIpc) is 2.28. The number of nitrogens with one attached hydrogen (secondary N) is 1. The first-order valence-electron chi connectivity index (χ1n) is 5.25. The predicted octanol–water partition coefficient (Wildman–Crippen LogP) is -0.531. The van der Waals surface area contributed by atoms with Crippen molar-refractivity contribution in [3.05, 3.63) is 12.2 Å². The van der Waals surface area contributed by atoms with E-state index in [1.807, 2.05) is 0 Å². The van der Waals surface area contributed by atoms with Gasteiger partial charge in [0.05, 0.1) is 6.61 Å². The lowest BCUT2D eigenvalue weighted by atomic mass is 10.4. The van der Waals surface area contributed by atoms with Crippen molar-refractivity contribution < 1.29 is 19.2 Å². The van der Waals surface area contributed by atoms with Crippen LogP contribution < -0.4 is 5.32 Å². The van der Waals surface area contributed by atoms with E-state index in [0.717, 1.165) is 25.2 Å². The number of carbonyl (C=O) groups is 2. The number of carbonyl (C=O) groups excluding carboxylic acids is 2. The van der Waals surface area contributed by atoms with Crippen molar-refractivity contribution in [1.29, 1.82) is 0 Å². The smallest absolute Gasteiger partial charge is 0.349 e. The molecular weight excluding hydrogens is 212 g/mol. The number of nitrogens with zero attached hydrogens (tertiary/aromatic N) is 1. The number of hydrogen-bond donors (Lipinski definition) is 1. The summed E-state index contributed by atoms with van der Waals surface area (Å²) < 4.78 is 4.63. The molecule has 0 spiro atoms. The monoisotopic (exact) mass is 228 g/mol. The molecule has 1 aliphatic rings. The van der Waals surface area contributed by atoms with E-state index in [4.69, 9.17) is 4.84 Å². The van der Waals surface area contributed by atoms with E-state index in [1.54, 1.807) is 12.0 Å². The zero-order valence-electron chi connectivity index (χ0n) is 9.27. The Morgan fingerprint density at radius 1 is 1.25 bits per heavy atom. The minimum Gasteiger partial charge on any atom is -0.463 e. The van der Waals surface area contributed by atoms with Gasteiger partial charge in [-0.2, -0.15) is 0 Å². The van der Waals surface area contributed by atoms with Crippen molar-refractivity contribution in [2.24, 2.45) is 0 Å². The lowest BCUT2D eigenvalue weighted by molar-refractivity contribution is -0.186. The van der Waals surface area contributed by atoms with E-state index in [1.165, 1.54) is 0 Å². The summed E-state index contributed by atoms with van der Waals surface area (Å²) in [6, 6.07) is 0. The molecule has 1 saturated heterocycles. The summed E-state index contributed by atoms with van der Waals surface area (Å²) in [4.78, 5) is 27.1. The fourth-order valence-corrected chi connectivity index (χ4v) is 1.22. The van der Waals surface area contributed by atoms with Gasteiger partial charge in [0.1, 0.15) is 0 Å². The molecule has 1 heterocycles. The van der Waals surface area contributed by atoms with Crippen LogP contribution >= 0.6 is 0 Å². The molecule has 0 saturated carbocycles. The van der Waals surface area contributed by atoms with Crippen LogP contribution in [0.5, 0.6) is 0 Å². The third-order valence-electron chi connectivity index (χ3n) is 1.94. The van der Waals surface area contributed by atoms with Crippen LogP contribution in [0.15, 0.2) is 12.2 Å². The highest BCUT2D eigenvalue weighted by Crippen LogP contribution is 1.95. The molecule has 1 fully saturated rings. The summed E-state index contributed by atoms with van der Waals surface area (Å²) in [6.07, 6.45) is 2.13. The molecule has 0 amide bonds. The Hall–Kier alpha value is -1.40. The molecule has 6 nitrogen and oxygen atoms in total. The molecule has 0 aliphatic carbocycles. The van der Waals surface area contributed by atoms with Gasteiger partial charge in [0.2, 0.25) is 0 Å². The number of hydroxylamine groups is 2. The molecule has 0 unspecified atom stereocenters. The zero-order chi connectivity index (χ0) is 11.8. The van der Waals surface area contributed by atoms with Crippen LogP contribution in [-0.2, 0) is 19.2 Å². The van der Waals surface area contributed by atoms with Crippen LogP contribution in [0.4, 0.5) is 0 Å². The van der Waals surface area contributed by atoms with Crippen molar-refractivity contribution in [3.8, 4) is 0 Å². The van der Waals surface area contributed by atoms with Gasteiger partial charge < -0.3 is 14.9 Å². The lowest BCUT2D eigenvalue weighted by Gasteiger charge is -2.24. The Bertz CT molecular complexity index is 272. The Morgan fingerprint density at radius 2 is 1.88 bits per heavy atom. The first kappa shape index (κ1) is 12.7. The van der Waals surface area contributed by atoms with Gasteiger partial charge in [-0.05, 0) is 6.92 Å². The molecule has 1 N–H and O–H groups in total. The summed E-state index contributed by atoms with van der Waals surface area (Å²) in [5.74, 6) is -1.10. The first-order chi connectivity index (χ1) is 7.72. The van der Waals surface area contributed by atoms with Crippen molar-refractivity contribution in [2.45, 2.75) is 6.92 Å². The van der Waals surface area contributed by atoms with Crippen molar-refractivity contribution in [2.75, 3.05) is 32.8 Å². The molecule has 0 aromatic rings. The van der Waals surface area contributed by atoms with Crippen LogP contribution in [0, 0.1) is 0 Å². The van der Waals surface area contributed by atoms with Crippen LogP contribution in [0.2, 0.25) is 0 Å². The Balaban J connectivity index is 2.26. The molecule has 0 bridgehead atoms. The third-order valence-corrected chi connectivity index (χ3v) is 1.94. The molecule has 1 aliphatic heterocycles. The van der Waals surface area contributed by atoms with Crippen LogP contribution in [0.25, 0.3) is 0 Å². The fourth-order valence-electron chi connectivity index (χ4n) is 1.22. The number of ether oxygens (including phenoxy) is 1. The van der Waals surface area contributed by atoms with Crippen LogP contribution in [0.1, 0.15) is 6.92 Å². The van der Waals surface area contributed by atoms with Gasteiger partial charge in [-0.1, -0.05) is 0 Å². The fraction of sp³-hybridized carbons (Fsp3) is 0.600. The number of piperazine rings is 1. The van der Waals surface area contributed by atoms with E-state index in [9.17, 15) is 9.59 Å².